The molecule has 0 amide bonds. The molecule has 0 aliphatic carbocycles. The van der Waals surface area contributed by atoms with Crippen LogP contribution in [0.3, 0.4) is 0 Å². The van der Waals surface area contributed by atoms with Gasteiger partial charge >= 0.3 is 11.9 Å². The van der Waals surface area contributed by atoms with E-state index in [1.807, 2.05) is 13.0 Å². The van der Waals surface area contributed by atoms with Crippen LogP contribution in [0.4, 0.5) is 5.69 Å². The van der Waals surface area contributed by atoms with Gasteiger partial charge in [0.25, 0.3) is 0 Å². The molecule has 3 aromatic carbocycles. The maximum absolute atomic E-state index is 12.4. The number of aromatic carboxylic acids is 1. The van der Waals surface area contributed by atoms with Crippen LogP contribution >= 0.6 is 11.9 Å². The second kappa shape index (κ2) is 15.0. The van der Waals surface area contributed by atoms with Crippen molar-refractivity contribution in [2.24, 2.45) is 0 Å². The molecular weight excluding hydrogens is 564 g/mol. The summed E-state index contributed by atoms with van der Waals surface area (Å²) in [6.45, 7) is 2.24. The molecule has 224 valence electrons. The number of aliphatic hydroxyl groups excluding tert-OH is 3. The number of rotatable bonds is 13. The van der Waals surface area contributed by atoms with Gasteiger partial charge in [-0.25, -0.2) is 14.3 Å². The summed E-state index contributed by atoms with van der Waals surface area (Å²) < 4.78 is 20.2. The smallest absolute Gasteiger partial charge is 0.338 e. The van der Waals surface area contributed by atoms with Gasteiger partial charge in [0.05, 0.1) is 21.7 Å². The second-order valence-corrected chi connectivity index (χ2v) is 10.5. The monoisotopic (exact) mass is 598 g/mol. The first-order valence-corrected chi connectivity index (χ1v) is 14.3. The fourth-order valence-electron chi connectivity index (χ4n) is 4.17. The summed E-state index contributed by atoms with van der Waals surface area (Å²) >= 11 is 0.924. The summed E-state index contributed by atoms with van der Waals surface area (Å²) in [7, 11) is 0. The summed E-state index contributed by atoms with van der Waals surface area (Å²) in [5.41, 5.74) is 0.772. The number of benzene rings is 3. The number of nitrogens with one attached hydrogen (secondary N) is 2. The zero-order valence-corrected chi connectivity index (χ0v) is 23.7. The minimum Gasteiger partial charge on any atom is -0.478 e. The number of unbranched alkanes of at least 4 members (excludes halogenated alkanes) is 1. The van der Waals surface area contributed by atoms with Gasteiger partial charge in [0.15, 0.2) is 5.75 Å². The third kappa shape index (κ3) is 8.00. The standard InChI is InChI=1S/C30H34N2O9S/c1-2-3-14-31-21-15-19(29(36)37)16-23(27(21)40-20-12-8-5-9-13-20)42-32-28-26(35)25(34)24(33)22(41-28)17-39-30(38)18-10-6-4-7-11-18/h4-13,15-16,22,24-26,28,31-35H,2-3,14,17H2,1H3,(H,36,37)/t22-,24-,25+,26-,28?/m1/s1. The zero-order valence-electron chi connectivity index (χ0n) is 22.9. The highest BCUT2D eigenvalue weighted by atomic mass is 32.2. The molecule has 0 aromatic heterocycles. The molecule has 0 radical (unpaired) electrons. The van der Waals surface area contributed by atoms with E-state index in [9.17, 15) is 30.0 Å². The first-order chi connectivity index (χ1) is 20.3. The fraction of sp³-hybridized carbons (Fsp3) is 0.333. The van der Waals surface area contributed by atoms with Crippen molar-refractivity contribution in [3.05, 3.63) is 83.9 Å². The quantitative estimate of drug-likeness (QED) is 0.0962. The Morgan fingerprint density at radius 1 is 0.929 bits per heavy atom. The number of esters is 1. The molecule has 1 saturated heterocycles. The lowest BCUT2D eigenvalue weighted by atomic mass is 9.99. The van der Waals surface area contributed by atoms with Crippen molar-refractivity contribution in [1.82, 2.24) is 4.72 Å². The molecule has 1 aliphatic rings. The zero-order chi connectivity index (χ0) is 30.1. The second-order valence-electron chi connectivity index (χ2n) is 9.60. The lowest BCUT2D eigenvalue weighted by molar-refractivity contribution is -0.231. The summed E-state index contributed by atoms with van der Waals surface area (Å²) in [6.07, 6.45) is -5.33. The lowest BCUT2D eigenvalue weighted by Gasteiger charge is -2.40. The Bertz CT molecular complexity index is 1330. The maximum atomic E-state index is 12.4. The topological polar surface area (TPSA) is 167 Å². The number of anilines is 1. The lowest BCUT2D eigenvalue weighted by Crippen LogP contribution is -2.61. The highest BCUT2D eigenvalue weighted by Crippen LogP contribution is 2.40. The number of carboxylic acid groups (broad SMARTS) is 1. The third-order valence-corrected chi connectivity index (χ3v) is 7.37. The molecule has 12 heteroatoms. The molecular formula is C30H34N2O9S. The molecule has 4 rings (SSSR count). The molecule has 0 spiro atoms. The Balaban J connectivity index is 1.54. The predicted molar refractivity (Wildman–Crippen MR) is 156 cm³/mol. The molecule has 0 bridgehead atoms. The highest BCUT2D eigenvalue weighted by Gasteiger charge is 2.44. The maximum Gasteiger partial charge on any atom is 0.338 e. The molecule has 3 aromatic rings. The van der Waals surface area contributed by atoms with Crippen LogP contribution in [0, 0.1) is 0 Å². The van der Waals surface area contributed by atoms with Crippen molar-refractivity contribution in [2.75, 3.05) is 18.5 Å². The molecule has 0 saturated carbocycles. The van der Waals surface area contributed by atoms with Crippen LogP contribution in [-0.2, 0) is 9.47 Å². The molecule has 42 heavy (non-hydrogen) atoms. The van der Waals surface area contributed by atoms with Crippen LogP contribution in [0.15, 0.2) is 77.7 Å². The normalized spacial score (nSPS) is 21.9. The van der Waals surface area contributed by atoms with E-state index in [0.717, 1.165) is 24.8 Å². The average Bonchev–Trinajstić information content (AvgIpc) is 3.00. The van der Waals surface area contributed by atoms with Gasteiger partial charge in [-0.1, -0.05) is 49.7 Å². The van der Waals surface area contributed by atoms with Gasteiger partial charge in [-0.3, -0.25) is 0 Å². The summed E-state index contributed by atoms with van der Waals surface area (Å²) in [4.78, 5) is 24.7. The number of hydrogen-bond acceptors (Lipinski definition) is 11. The Hall–Kier alpha value is -3.65. The average molecular weight is 599 g/mol. The summed E-state index contributed by atoms with van der Waals surface area (Å²) in [5.74, 6) is -0.913. The van der Waals surface area contributed by atoms with Gasteiger partial charge in [0.1, 0.15) is 43.0 Å². The van der Waals surface area contributed by atoms with Crippen LogP contribution in [0.1, 0.15) is 40.5 Å². The van der Waals surface area contributed by atoms with Crippen LogP contribution in [-0.4, -0.2) is 76.2 Å². The van der Waals surface area contributed by atoms with Gasteiger partial charge in [0.2, 0.25) is 0 Å². The minimum atomic E-state index is -1.62. The van der Waals surface area contributed by atoms with E-state index >= 15 is 0 Å². The molecule has 1 aliphatic heterocycles. The molecule has 6 N–H and O–H groups in total. The van der Waals surface area contributed by atoms with Crippen LogP contribution < -0.4 is 14.8 Å². The molecule has 11 nitrogen and oxygen atoms in total. The Morgan fingerprint density at radius 3 is 2.29 bits per heavy atom. The van der Waals surface area contributed by atoms with E-state index < -0.39 is 42.6 Å². The Kier molecular flexibility index (Phi) is 11.2. The van der Waals surface area contributed by atoms with Crippen molar-refractivity contribution in [3.8, 4) is 11.5 Å². The number of carbonyl (C=O) groups excluding carboxylic acids is 1. The molecule has 1 unspecified atom stereocenters. The van der Waals surface area contributed by atoms with E-state index in [1.165, 1.54) is 12.1 Å². The van der Waals surface area contributed by atoms with Gasteiger partial charge < -0.3 is 40.0 Å². The number of carbonyl (C=O) groups is 2. The van der Waals surface area contributed by atoms with Gasteiger partial charge in [0, 0.05) is 6.54 Å². The van der Waals surface area contributed by atoms with Crippen molar-refractivity contribution in [3.63, 3.8) is 0 Å². The number of ether oxygens (including phenoxy) is 3. The summed E-state index contributed by atoms with van der Waals surface area (Å²) in [6, 6.07) is 20.1. The van der Waals surface area contributed by atoms with Crippen molar-refractivity contribution < 1.29 is 44.2 Å². The van der Waals surface area contributed by atoms with Gasteiger partial charge in [-0.05, 0) is 54.8 Å². The van der Waals surface area contributed by atoms with Crippen molar-refractivity contribution in [1.29, 1.82) is 0 Å². The Morgan fingerprint density at radius 2 is 1.62 bits per heavy atom. The van der Waals surface area contributed by atoms with Crippen LogP contribution in [0.25, 0.3) is 0 Å². The van der Waals surface area contributed by atoms with Crippen molar-refractivity contribution in [2.45, 2.75) is 55.3 Å². The fourth-order valence-corrected chi connectivity index (χ4v) is 5.04. The third-order valence-electron chi connectivity index (χ3n) is 6.50. The molecule has 1 heterocycles. The minimum absolute atomic E-state index is 0.00461. The van der Waals surface area contributed by atoms with Gasteiger partial charge in [-0.2, -0.15) is 0 Å². The predicted octanol–water partition coefficient (Wildman–Crippen LogP) is 3.65. The summed E-state index contributed by atoms with van der Waals surface area (Å²) in [5, 5.41) is 44.7. The number of carboxylic acids is 1. The largest absolute Gasteiger partial charge is 0.478 e. The van der Waals surface area contributed by atoms with E-state index in [0.29, 0.717) is 34.2 Å². The first kappa shape index (κ1) is 31.3. The molecule has 1 fully saturated rings. The van der Waals surface area contributed by atoms with E-state index in [2.05, 4.69) is 10.0 Å². The van der Waals surface area contributed by atoms with E-state index in [-0.39, 0.29) is 12.2 Å². The SMILES string of the molecule is CCCCNc1cc(C(=O)O)cc(SNC2O[C@H](COC(=O)c3ccccc3)[C@@H](O)[C@H](O)[C@H]2O)c1Oc1ccccc1. The Labute approximate surface area is 247 Å². The van der Waals surface area contributed by atoms with Gasteiger partial charge in [-0.15, -0.1) is 0 Å². The number of para-hydroxylation sites is 1. The highest BCUT2D eigenvalue weighted by molar-refractivity contribution is 7.97. The number of hydrogen-bond donors (Lipinski definition) is 6. The molecule has 5 atom stereocenters. The van der Waals surface area contributed by atoms with Crippen LogP contribution in [0.2, 0.25) is 0 Å². The first-order valence-electron chi connectivity index (χ1n) is 13.5. The van der Waals surface area contributed by atoms with E-state index in [4.69, 9.17) is 14.2 Å². The van der Waals surface area contributed by atoms with E-state index in [1.54, 1.807) is 54.6 Å². The van der Waals surface area contributed by atoms with Crippen molar-refractivity contribution >= 4 is 29.6 Å². The van der Waals surface area contributed by atoms with Crippen LogP contribution in [0.5, 0.6) is 11.5 Å². The number of aliphatic hydroxyl groups is 3.